The van der Waals surface area contributed by atoms with Gasteiger partial charge in [-0.15, -0.1) is 24.8 Å². The maximum Gasteiger partial charge on any atom is 0.199 e. The Bertz CT molecular complexity index is 179. The molecule has 0 aromatic carbocycles. The lowest BCUT2D eigenvalue weighted by Gasteiger charge is -1.77. The van der Waals surface area contributed by atoms with Crippen LogP contribution >= 0.6 is 36.3 Å². The fourth-order valence-electron chi connectivity index (χ4n) is 0.350. The van der Waals surface area contributed by atoms with Gasteiger partial charge in [-0.3, -0.25) is 0 Å². The minimum absolute atomic E-state index is 0. The summed E-state index contributed by atoms with van der Waals surface area (Å²) in [5.41, 5.74) is 10.4. The Hall–Kier alpha value is -0.100. The Morgan fingerprint density at radius 3 is 2.20 bits per heavy atom. The molecule has 1 heterocycles. The van der Waals surface area contributed by atoms with Crippen molar-refractivity contribution in [3.8, 4) is 0 Å². The molecule has 1 rings (SSSR count). The molecular formula is C3H8Cl2N4S. The standard InChI is InChI=1S/C3H6N4S.2ClH/c4-1-2-6-3(5)8-7-2;;/h1,4H2,(H2,5,6,7);2*1H. The lowest BCUT2D eigenvalue weighted by atomic mass is 10.6. The first-order chi connectivity index (χ1) is 3.83. The van der Waals surface area contributed by atoms with Crippen molar-refractivity contribution < 1.29 is 0 Å². The van der Waals surface area contributed by atoms with Gasteiger partial charge >= 0.3 is 0 Å². The quantitative estimate of drug-likeness (QED) is 0.693. The third-order valence-corrected chi connectivity index (χ3v) is 1.25. The van der Waals surface area contributed by atoms with E-state index in [2.05, 4.69) is 9.36 Å². The van der Waals surface area contributed by atoms with Crippen molar-refractivity contribution in [1.29, 1.82) is 0 Å². The van der Waals surface area contributed by atoms with E-state index in [1.807, 2.05) is 0 Å². The third kappa shape index (κ3) is 3.17. The number of halogens is 2. The second-order valence-electron chi connectivity index (χ2n) is 1.25. The van der Waals surface area contributed by atoms with Crippen molar-refractivity contribution in [2.75, 3.05) is 5.73 Å². The van der Waals surface area contributed by atoms with Gasteiger partial charge in [-0.05, 0) is 0 Å². The monoisotopic (exact) mass is 202 g/mol. The van der Waals surface area contributed by atoms with Crippen LogP contribution < -0.4 is 11.5 Å². The van der Waals surface area contributed by atoms with Crippen LogP contribution in [-0.4, -0.2) is 9.36 Å². The van der Waals surface area contributed by atoms with E-state index < -0.39 is 0 Å². The topological polar surface area (TPSA) is 77.8 Å². The number of anilines is 1. The molecule has 7 heteroatoms. The second kappa shape index (κ2) is 5.67. The van der Waals surface area contributed by atoms with E-state index in [4.69, 9.17) is 11.5 Å². The first-order valence-corrected chi connectivity index (χ1v) is 2.88. The van der Waals surface area contributed by atoms with Crippen LogP contribution in [0, 0.1) is 0 Å². The van der Waals surface area contributed by atoms with Gasteiger partial charge in [0.25, 0.3) is 0 Å². The van der Waals surface area contributed by atoms with E-state index in [-0.39, 0.29) is 24.8 Å². The molecule has 0 atom stereocenters. The fourth-order valence-corrected chi connectivity index (χ4v) is 0.811. The molecule has 0 aliphatic rings. The highest BCUT2D eigenvalue weighted by molar-refractivity contribution is 7.09. The van der Waals surface area contributed by atoms with Crippen LogP contribution in [0.2, 0.25) is 0 Å². The Morgan fingerprint density at radius 1 is 1.40 bits per heavy atom. The first kappa shape index (κ1) is 12.6. The van der Waals surface area contributed by atoms with Gasteiger partial charge in [-0.25, -0.2) is 4.98 Å². The molecule has 0 saturated carbocycles. The molecule has 60 valence electrons. The normalized spacial score (nSPS) is 7.70. The Balaban J connectivity index is 0. The minimum atomic E-state index is 0. The summed E-state index contributed by atoms with van der Waals surface area (Å²) in [7, 11) is 0. The van der Waals surface area contributed by atoms with Gasteiger partial charge in [0.05, 0.1) is 6.54 Å². The van der Waals surface area contributed by atoms with Crippen LogP contribution in [-0.2, 0) is 6.54 Å². The van der Waals surface area contributed by atoms with Gasteiger partial charge in [0.15, 0.2) is 11.0 Å². The minimum Gasteiger partial charge on any atom is -0.374 e. The first-order valence-electron chi connectivity index (χ1n) is 2.11. The predicted octanol–water partition coefficient (Wildman–Crippen LogP) is 0.423. The van der Waals surface area contributed by atoms with E-state index in [0.717, 1.165) is 0 Å². The number of aromatic nitrogens is 2. The van der Waals surface area contributed by atoms with Crippen molar-refractivity contribution in [1.82, 2.24) is 9.36 Å². The van der Waals surface area contributed by atoms with Crippen molar-refractivity contribution in [3.05, 3.63) is 5.82 Å². The molecule has 0 aliphatic heterocycles. The highest BCUT2D eigenvalue weighted by Gasteiger charge is 1.94. The van der Waals surface area contributed by atoms with E-state index in [0.29, 0.717) is 17.5 Å². The number of hydrogen-bond donors (Lipinski definition) is 2. The lowest BCUT2D eigenvalue weighted by Crippen LogP contribution is -1.98. The largest absolute Gasteiger partial charge is 0.374 e. The average molecular weight is 203 g/mol. The van der Waals surface area contributed by atoms with Gasteiger partial charge in [-0.1, -0.05) is 0 Å². The third-order valence-electron chi connectivity index (χ3n) is 0.666. The number of nitrogens with zero attached hydrogens (tertiary/aromatic N) is 2. The smallest absolute Gasteiger partial charge is 0.199 e. The molecule has 0 fully saturated rings. The zero-order valence-electron chi connectivity index (χ0n) is 4.98. The van der Waals surface area contributed by atoms with Crippen LogP contribution in [0.1, 0.15) is 5.82 Å². The van der Waals surface area contributed by atoms with Gasteiger partial charge in [0, 0.05) is 11.5 Å². The van der Waals surface area contributed by atoms with Crippen molar-refractivity contribution in [2.45, 2.75) is 6.54 Å². The maximum atomic E-state index is 5.24. The zero-order chi connectivity index (χ0) is 5.98. The number of nitrogens with two attached hydrogens (primary N) is 2. The Morgan fingerprint density at radius 2 is 2.00 bits per heavy atom. The van der Waals surface area contributed by atoms with Crippen LogP contribution in [0.5, 0.6) is 0 Å². The summed E-state index contributed by atoms with van der Waals surface area (Å²) in [6, 6.07) is 0. The van der Waals surface area contributed by atoms with Crippen molar-refractivity contribution >= 4 is 41.5 Å². The molecule has 0 aliphatic carbocycles. The summed E-state index contributed by atoms with van der Waals surface area (Å²) < 4.78 is 3.81. The van der Waals surface area contributed by atoms with Gasteiger partial charge < -0.3 is 11.5 Å². The summed E-state index contributed by atoms with van der Waals surface area (Å²) in [4.78, 5) is 3.79. The van der Waals surface area contributed by atoms with E-state index >= 15 is 0 Å². The van der Waals surface area contributed by atoms with Gasteiger partial charge in [0.2, 0.25) is 0 Å². The second-order valence-corrected chi connectivity index (χ2v) is 2.04. The molecule has 1 aromatic heterocycles. The number of rotatable bonds is 1. The molecule has 0 unspecified atom stereocenters. The molecule has 0 radical (unpaired) electrons. The summed E-state index contributed by atoms with van der Waals surface area (Å²) in [5.74, 6) is 0.618. The van der Waals surface area contributed by atoms with Crippen molar-refractivity contribution in [2.24, 2.45) is 5.73 Å². The van der Waals surface area contributed by atoms with Gasteiger partial charge in [0.1, 0.15) is 0 Å². The Labute approximate surface area is 75.0 Å². The molecular weight excluding hydrogens is 195 g/mol. The predicted molar refractivity (Wildman–Crippen MR) is 46.7 cm³/mol. The molecule has 0 bridgehead atoms. The van der Waals surface area contributed by atoms with Crippen molar-refractivity contribution in [3.63, 3.8) is 0 Å². The molecule has 1 aromatic rings. The molecule has 0 saturated heterocycles. The Kier molecular flexibility index (Phi) is 7.12. The average Bonchev–Trinajstić information content (AvgIpc) is 2.14. The maximum absolute atomic E-state index is 5.24. The zero-order valence-corrected chi connectivity index (χ0v) is 7.43. The van der Waals surface area contributed by atoms with Crippen LogP contribution in [0.15, 0.2) is 0 Å². The summed E-state index contributed by atoms with van der Waals surface area (Å²) in [6.07, 6.45) is 0. The molecule has 4 nitrogen and oxygen atoms in total. The molecule has 10 heavy (non-hydrogen) atoms. The SMILES string of the molecule is Cl.Cl.NCc1nsc(N)n1. The summed E-state index contributed by atoms with van der Waals surface area (Å²) >= 11 is 1.17. The van der Waals surface area contributed by atoms with Gasteiger partial charge in [-0.2, -0.15) is 4.37 Å². The lowest BCUT2D eigenvalue weighted by molar-refractivity contribution is 0.960. The van der Waals surface area contributed by atoms with Crippen LogP contribution in [0.3, 0.4) is 0 Å². The summed E-state index contributed by atoms with van der Waals surface area (Å²) in [6.45, 7) is 0.369. The summed E-state index contributed by atoms with van der Waals surface area (Å²) in [5, 5.41) is 0.477. The van der Waals surface area contributed by atoms with Crippen LogP contribution in [0.25, 0.3) is 0 Å². The molecule has 0 spiro atoms. The molecule has 4 N–H and O–H groups in total. The number of hydrogen-bond acceptors (Lipinski definition) is 5. The van der Waals surface area contributed by atoms with E-state index in [1.165, 1.54) is 11.5 Å². The van der Waals surface area contributed by atoms with E-state index in [1.54, 1.807) is 0 Å². The number of nitrogen functional groups attached to an aromatic ring is 1. The highest BCUT2D eigenvalue weighted by Crippen LogP contribution is 2.03. The highest BCUT2D eigenvalue weighted by atomic mass is 35.5. The fraction of sp³-hybridized carbons (Fsp3) is 0.333. The molecule has 0 amide bonds. The van der Waals surface area contributed by atoms with Crippen LogP contribution in [0.4, 0.5) is 5.13 Å². The van der Waals surface area contributed by atoms with E-state index in [9.17, 15) is 0 Å².